The van der Waals surface area contributed by atoms with Crippen LogP contribution in [0.5, 0.6) is 0 Å². The fourth-order valence-corrected chi connectivity index (χ4v) is 1.32. The van der Waals surface area contributed by atoms with Crippen LogP contribution in [0, 0.1) is 17.8 Å². The number of terminal acetylenes is 1. The lowest BCUT2D eigenvalue weighted by atomic mass is 9.81. The van der Waals surface area contributed by atoms with Crippen molar-refractivity contribution in [3.8, 4) is 12.3 Å². The van der Waals surface area contributed by atoms with Crippen LogP contribution in [0.2, 0.25) is 0 Å². The molecule has 84 valence electrons. The molecule has 0 radical (unpaired) electrons. The molecular weight excluding hydrogens is 196 g/mol. The average molecular weight is 212 g/mol. The molecule has 15 heavy (non-hydrogen) atoms. The van der Waals surface area contributed by atoms with E-state index >= 15 is 0 Å². The molecule has 0 bridgehead atoms. The molecule has 0 aromatic heterocycles. The van der Waals surface area contributed by atoms with E-state index in [0.717, 1.165) is 0 Å². The summed E-state index contributed by atoms with van der Waals surface area (Å²) >= 11 is 0. The SMILES string of the molecule is C#CCCC(CC)(C(=O)O)C(=O)OCC. The Balaban J connectivity index is 4.89. The van der Waals surface area contributed by atoms with Crippen molar-refractivity contribution >= 4 is 11.9 Å². The van der Waals surface area contributed by atoms with Gasteiger partial charge in [0.1, 0.15) is 0 Å². The second-order valence-corrected chi connectivity index (χ2v) is 3.17. The number of ether oxygens (including phenoxy) is 1. The van der Waals surface area contributed by atoms with Crippen LogP contribution in [-0.2, 0) is 14.3 Å². The number of aliphatic carboxylic acids is 1. The first-order valence-corrected chi connectivity index (χ1v) is 4.89. The van der Waals surface area contributed by atoms with Crippen LogP contribution in [0.25, 0.3) is 0 Å². The molecule has 0 amide bonds. The second-order valence-electron chi connectivity index (χ2n) is 3.17. The lowest BCUT2D eigenvalue weighted by Crippen LogP contribution is -2.40. The Hall–Kier alpha value is -1.50. The third-order valence-corrected chi connectivity index (χ3v) is 2.38. The van der Waals surface area contributed by atoms with Gasteiger partial charge >= 0.3 is 11.9 Å². The summed E-state index contributed by atoms with van der Waals surface area (Å²) in [6.45, 7) is 3.45. The van der Waals surface area contributed by atoms with Crippen molar-refractivity contribution in [2.45, 2.75) is 33.1 Å². The van der Waals surface area contributed by atoms with Crippen LogP contribution in [-0.4, -0.2) is 23.7 Å². The minimum atomic E-state index is -1.48. The van der Waals surface area contributed by atoms with Crippen LogP contribution < -0.4 is 0 Å². The van der Waals surface area contributed by atoms with Gasteiger partial charge in [-0.15, -0.1) is 12.3 Å². The van der Waals surface area contributed by atoms with Crippen molar-refractivity contribution in [1.82, 2.24) is 0 Å². The van der Waals surface area contributed by atoms with Crippen LogP contribution in [0.4, 0.5) is 0 Å². The largest absolute Gasteiger partial charge is 0.480 e. The number of hydrogen-bond donors (Lipinski definition) is 1. The van der Waals surface area contributed by atoms with Gasteiger partial charge in [0.2, 0.25) is 0 Å². The highest BCUT2D eigenvalue weighted by atomic mass is 16.5. The third kappa shape index (κ3) is 2.98. The van der Waals surface area contributed by atoms with Gasteiger partial charge in [-0.05, 0) is 19.8 Å². The number of carbonyl (C=O) groups is 2. The van der Waals surface area contributed by atoms with Gasteiger partial charge in [0, 0.05) is 6.42 Å². The summed E-state index contributed by atoms with van der Waals surface area (Å²) in [4.78, 5) is 22.7. The highest BCUT2D eigenvalue weighted by Crippen LogP contribution is 2.30. The molecule has 0 spiro atoms. The Morgan fingerprint density at radius 3 is 2.40 bits per heavy atom. The minimum absolute atomic E-state index is 0.119. The van der Waals surface area contributed by atoms with E-state index < -0.39 is 17.4 Å². The Bertz CT molecular complexity index is 277. The molecule has 0 heterocycles. The molecule has 0 fully saturated rings. The predicted octanol–water partition coefficient (Wildman–Crippen LogP) is 1.44. The molecule has 0 aliphatic rings. The topological polar surface area (TPSA) is 63.6 Å². The Kier molecular flexibility index (Phi) is 5.46. The van der Waals surface area contributed by atoms with Crippen LogP contribution >= 0.6 is 0 Å². The van der Waals surface area contributed by atoms with Crippen molar-refractivity contribution in [3.63, 3.8) is 0 Å². The van der Waals surface area contributed by atoms with Crippen LogP contribution in [0.1, 0.15) is 33.1 Å². The highest BCUT2D eigenvalue weighted by Gasteiger charge is 2.45. The molecule has 4 nitrogen and oxygen atoms in total. The standard InChI is InChI=1S/C11H16O4/c1-4-7-8-11(5-2,9(12)13)10(14)15-6-3/h1H,5-8H2,2-3H3,(H,12,13). The van der Waals surface area contributed by atoms with Crippen LogP contribution in [0.15, 0.2) is 0 Å². The summed E-state index contributed by atoms with van der Waals surface area (Å²) in [5.74, 6) is 0.471. The van der Waals surface area contributed by atoms with E-state index in [1.807, 2.05) is 0 Å². The molecule has 0 saturated heterocycles. The molecule has 0 rings (SSSR count). The Labute approximate surface area is 89.6 Å². The fraction of sp³-hybridized carbons (Fsp3) is 0.636. The van der Waals surface area contributed by atoms with Gasteiger partial charge in [0.15, 0.2) is 5.41 Å². The summed E-state index contributed by atoms with van der Waals surface area (Å²) in [6.07, 6.45) is 5.62. The quantitative estimate of drug-likeness (QED) is 0.411. The lowest BCUT2D eigenvalue weighted by molar-refractivity contribution is -0.169. The Morgan fingerprint density at radius 1 is 1.47 bits per heavy atom. The second kappa shape index (κ2) is 6.07. The van der Waals surface area contributed by atoms with E-state index in [1.165, 1.54) is 0 Å². The first-order chi connectivity index (χ1) is 7.05. The van der Waals surface area contributed by atoms with Gasteiger partial charge in [0.05, 0.1) is 6.61 Å². The summed E-state index contributed by atoms with van der Waals surface area (Å²) in [5, 5.41) is 9.08. The monoisotopic (exact) mass is 212 g/mol. The van der Waals surface area contributed by atoms with Crippen LogP contribution in [0.3, 0.4) is 0 Å². The van der Waals surface area contributed by atoms with E-state index in [9.17, 15) is 9.59 Å². The maximum absolute atomic E-state index is 11.6. The van der Waals surface area contributed by atoms with E-state index in [1.54, 1.807) is 13.8 Å². The fourth-order valence-electron chi connectivity index (χ4n) is 1.32. The van der Waals surface area contributed by atoms with E-state index in [-0.39, 0.29) is 25.9 Å². The van der Waals surface area contributed by atoms with Crippen molar-refractivity contribution in [1.29, 1.82) is 0 Å². The number of hydrogen-bond acceptors (Lipinski definition) is 3. The van der Waals surface area contributed by atoms with Gasteiger partial charge in [-0.1, -0.05) is 6.92 Å². The molecule has 1 N–H and O–H groups in total. The number of carboxylic acid groups (broad SMARTS) is 1. The molecule has 0 saturated carbocycles. The van der Waals surface area contributed by atoms with E-state index in [2.05, 4.69) is 5.92 Å². The molecular formula is C11H16O4. The zero-order valence-electron chi connectivity index (χ0n) is 9.08. The number of esters is 1. The smallest absolute Gasteiger partial charge is 0.323 e. The van der Waals surface area contributed by atoms with Gasteiger partial charge in [-0.25, -0.2) is 0 Å². The van der Waals surface area contributed by atoms with Crippen molar-refractivity contribution < 1.29 is 19.4 Å². The lowest BCUT2D eigenvalue weighted by Gasteiger charge is -2.24. The van der Waals surface area contributed by atoms with Crippen molar-refractivity contribution in [3.05, 3.63) is 0 Å². The number of carbonyl (C=O) groups excluding carboxylic acids is 1. The molecule has 1 atom stereocenters. The minimum Gasteiger partial charge on any atom is -0.480 e. The van der Waals surface area contributed by atoms with Crippen molar-refractivity contribution in [2.75, 3.05) is 6.61 Å². The first-order valence-electron chi connectivity index (χ1n) is 4.89. The average Bonchev–Trinajstić information content (AvgIpc) is 2.19. The molecule has 1 unspecified atom stereocenters. The summed E-state index contributed by atoms with van der Waals surface area (Å²) in [5.41, 5.74) is -1.48. The summed E-state index contributed by atoms with van der Waals surface area (Å²) < 4.78 is 4.77. The molecule has 4 heteroatoms. The maximum Gasteiger partial charge on any atom is 0.323 e. The third-order valence-electron chi connectivity index (χ3n) is 2.38. The molecule has 0 aliphatic heterocycles. The van der Waals surface area contributed by atoms with Crippen molar-refractivity contribution in [2.24, 2.45) is 5.41 Å². The van der Waals surface area contributed by atoms with Gasteiger partial charge in [0.25, 0.3) is 0 Å². The van der Waals surface area contributed by atoms with Gasteiger partial charge < -0.3 is 9.84 Å². The predicted molar refractivity (Wildman–Crippen MR) is 55.1 cm³/mol. The van der Waals surface area contributed by atoms with E-state index in [0.29, 0.717) is 0 Å². The molecule has 0 aromatic rings. The Morgan fingerprint density at radius 2 is 2.07 bits per heavy atom. The first kappa shape index (κ1) is 13.5. The zero-order valence-corrected chi connectivity index (χ0v) is 9.08. The highest BCUT2D eigenvalue weighted by molar-refractivity contribution is 5.99. The zero-order chi connectivity index (χ0) is 11.9. The summed E-state index contributed by atoms with van der Waals surface area (Å²) in [6, 6.07) is 0. The van der Waals surface area contributed by atoms with Gasteiger partial charge in [-0.3, -0.25) is 9.59 Å². The molecule has 0 aromatic carbocycles. The number of carboxylic acids is 1. The maximum atomic E-state index is 11.6. The molecule has 0 aliphatic carbocycles. The van der Waals surface area contributed by atoms with E-state index in [4.69, 9.17) is 16.3 Å². The summed E-state index contributed by atoms with van der Waals surface area (Å²) in [7, 11) is 0. The number of rotatable bonds is 6. The van der Waals surface area contributed by atoms with Gasteiger partial charge in [-0.2, -0.15) is 0 Å². The normalized spacial score (nSPS) is 13.7.